The van der Waals surface area contributed by atoms with Gasteiger partial charge in [0.15, 0.2) is 11.6 Å². The number of ether oxygens (including phenoxy) is 1. The Kier molecular flexibility index (Phi) is 5.49. The molecule has 5 rings (SSSR count). The van der Waals surface area contributed by atoms with Crippen molar-refractivity contribution in [3.63, 3.8) is 0 Å². The van der Waals surface area contributed by atoms with Gasteiger partial charge in [-0.15, -0.1) is 0 Å². The number of halogens is 1. The molecule has 2 aromatic carbocycles. The van der Waals surface area contributed by atoms with Crippen LogP contribution in [0.1, 0.15) is 48.9 Å². The summed E-state index contributed by atoms with van der Waals surface area (Å²) in [5.41, 5.74) is 1.88. The van der Waals surface area contributed by atoms with Gasteiger partial charge >= 0.3 is 0 Å². The number of para-hydroxylation sites is 2. The molecule has 2 aromatic rings. The van der Waals surface area contributed by atoms with Crippen LogP contribution in [0.2, 0.25) is 0 Å². The average molecular weight is 437 g/mol. The van der Waals surface area contributed by atoms with E-state index in [0.717, 1.165) is 42.9 Å². The SMILES string of the molecule is COc1ccc(C(=O)N2CCCC3(C2)Nc2ccccc2NC3=NC2CCCC2)cc1F. The fourth-order valence-corrected chi connectivity index (χ4v) is 5.14. The molecule has 2 fully saturated rings. The maximum atomic E-state index is 14.2. The Hall–Kier alpha value is -3.09. The highest BCUT2D eigenvalue weighted by molar-refractivity contribution is 6.10. The summed E-state index contributed by atoms with van der Waals surface area (Å²) in [7, 11) is 1.42. The number of fused-ring (bicyclic) bond motifs is 1. The second kappa shape index (κ2) is 8.45. The van der Waals surface area contributed by atoms with Gasteiger partial charge in [-0.2, -0.15) is 0 Å². The normalized spacial score (nSPS) is 24.2. The van der Waals surface area contributed by atoms with Gasteiger partial charge < -0.3 is 20.3 Å². The topological polar surface area (TPSA) is 66.0 Å². The molecule has 0 aromatic heterocycles. The second-order valence-electron chi connectivity index (χ2n) is 8.97. The molecule has 2 heterocycles. The predicted molar refractivity (Wildman–Crippen MR) is 124 cm³/mol. The van der Waals surface area contributed by atoms with Gasteiger partial charge in [-0.05, 0) is 56.0 Å². The third-order valence-electron chi connectivity index (χ3n) is 6.82. The number of carbonyl (C=O) groups excluding carboxylic acids is 1. The largest absolute Gasteiger partial charge is 0.494 e. The van der Waals surface area contributed by atoms with Gasteiger partial charge in [0.25, 0.3) is 5.91 Å². The zero-order chi connectivity index (χ0) is 22.1. The highest BCUT2D eigenvalue weighted by Gasteiger charge is 2.45. The molecule has 1 spiro atoms. The van der Waals surface area contributed by atoms with E-state index in [1.165, 1.54) is 32.1 Å². The minimum atomic E-state index is -0.528. The fourth-order valence-electron chi connectivity index (χ4n) is 5.14. The number of anilines is 2. The molecule has 6 nitrogen and oxygen atoms in total. The van der Waals surface area contributed by atoms with Crippen LogP contribution in [0.15, 0.2) is 47.5 Å². The van der Waals surface area contributed by atoms with Gasteiger partial charge in [-0.3, -0.25) is 9.79 Å². The van der Waals surface area contributed by atoms with Crippen molar-refractivity contribution in [3.05, 3.63) is 53.8 Å². The molecule has 1 atom stereocenters. The number of likely N-dealkylation sites (tertiary alicyclic amines) is 1. The first kappa shape index (κ1) is 20.8. The molecule has 3 aliphatic rings. The van der Waals surface area contributed by atoms with Gasteiger partial charge in [0, 0.05) is 12.1 Å². The Morgan fingerprint density at radius 3 is 2.69 bits per heavy atom. The van der Waals surface area contributed by atoms with Crippen LogP contribution in [0.3, 0.4) is 0 Å². The molecular weight excluding hydrogens is 407 g/mol. The second-order valence-corrected chi connectivity index (χ2v) is 8.97. The Labute approximate surface area is 187 Å². The molecular formula is C25H29FN4O2. The van der Waals surface area contributed by atoms with Gasteiger partial charge in [0.1, 0.15) is 11.4 Å². The van der Waals surface area contributed by atoms with Crippen molar-refractivity contribution >= 4 is 23.1 Å². The number of aliphatic imine (C=N–C) groups is 1. The zero-order valence-corrected chi connectivity index (χ0v) is 18.4. The number of rotatable bonds is 3. The summed E-state index contributed by atoms with van der Waals surface area (Å²) in [4.78, 5) is 20.3. The molecule has 7 heteroatoms. The number of nitrogens with zero attached hydrogens (tertiary/aromatic N) is 2. The van der Waals surface area contributed by atoms with E-state index in [9.17, 15) is 9.18 Å². The van der Waals surface area contributed by atoms with E-state index >= 15 is 0 Å². The van der Waals surface area contributed by atoms with Gasteiger partial charge in [-0.25, -0.2) is 4.39 Å². The van der Waals surface area contributed by atoms with E-state index in [1.807, 2.05) is 23.1 Å². The van der Waals surface area contributed by atoms with Gasteiger partial charge in [0.2, 0.25) is 0 Å². The zero-order valence-electron chi connectivity index (χ0n) is 18.4. The van der Waals surface area contributed by atoms with Crippen LogP contribution in [-0.2, 0) is 0 Å². The highest BCUT2D eigenvalue weighted by atomic mass is 19.1. The first-order chi connectivity index (χ1) is 15.6. The Morgan fingerprint density at radius 1 is 1.16 bits per heavy atom. The molecule has 1 aliphatic carbocycles. The van der Waals surface area contributed by atoms with Crippen LogP contribution in [0.5, 0.6) is 5.75 Å². The highest BCUT2D eigenvalue weighted by Crippen LogP contribution is 2.37. The number of amidine groups is 1. The third-order valence-corrected chi connectivity index (χ3v) is 6.82. The van der Waals surface area contributed by atoms with Crippen LogP contribution >= 0.6 is 0 Å². The third kappa shape index (κ3) is 3.80. The lowest BCUT2D eigenvalue weighted by molar-refractivity contribution is 0.0693. The van der Waals surface area contributed by atoms with Crippen molar-refractivity contribution in [2.24, 2.45) is 4.99 Å². The number of nitrogens with one attached hydrogen (secondary N) is 2. The summed E-state index contributed by atoms with van der Waals surface area (Å²) in [6.07, 6.45) is 6.36. The van der Waals surface area contributed by atoms with Crippen molar-refractivity contribution in [1.29, 1.82) is 0 Å². The summed E-state index contributed by atoms with van der Waals surface area (Å²) in [5.74, 6) is 0.352. The number of carbonyl (C=O) groups is 1. The standard InChI is InChI=1S/C25H29FN4O2/c1-32-22-12-11-17(15-19(22)26)23(31)30-14-6-13-25(16-30)24(27-18-7-2-3-8-18)28-20-9-4-5-10-21(20)29-25/h4-5,9-12,15,18,29H,2-3,6-8,13-14,16H2,1H3,(H,27,28). The first-order valence-corrected chi connectivity index (χ1v) is 11.4. The van der Waals surface area contributed by atoms with E-state index in [0.29, 0.717) is 24.7 Å². The number of amides is 1. The summed E-state index contributed by atoms with van der Waals surface area (Å²) in [6, 6.07) is 12.8. The van der Waals surface area contributed by atoms with Crippen molar-refractivity contribution in [1.82, 2.24) is 4.90 Å². The Morgan fingerprint density at radius 2 is 1.94 bits per heavy atom. The molecule has 2 N–H and O–H groups in total. The summed E-state index contributed by atoms with van der Waals surface area (Å²) in [5, 5.41) is 7.30. The van der Waals surface area contributed by atoms with Crippen LogP contribution in [0.4, 0.5) is 15.8 Å². The predicted octanol–water partition coefficient (Wildman–Crippen LogP) is 4.69. The quantitative estimate of drug-likeness (QED) is 0.733. The van der Waals surface area contributed by atoms with Crippen molar-refractivity contribution in [3.8, 4) is 5.75 Å². The van der Waals surface area contributed by atoms with E-state index in [1.54, 1.807) is 6.07 Å². The lowest BCUT2D eigenvalue weighted by Gasteiger charge is -2.47. The van der Waals surface area contributed by atoms with E-state index in [4.69, 9.17) is 9.73 Å². The number of piperidine rings is 1. The molecule has 1 saturated carbocycles. The molecule has 0 radical (unpaired) electrons. The van der Waals surface area contributed by atoms with Crippen molar-refractivity contribution in [2.75, 3.05) is 30.8 Å². The van der Waals surface area contributed by atoms with E-state index in [-0.39, 0.29) is 11.7 Å². The summed E-state index contributed by atoms with van der Waals surface area (Å²) < 4.78 is 19.2. The molecule has 1 unspecified atom stereocenters. The van der Waals surface area contributed by atoms with Gasteiger partial charge in [-0.1, -0.05) is 25.0 Å². The lowest BCUT2D eigenvalue weighted by Crippen LogP contribution is -2.62. The Balaban J connectivity index is 1.46. The van der Waals surface area contributed by atoms with Crippen molar-refractivity contribution < 1.29 is 13.9 Å². The molecule has 2 aliphatic heterocycles. The molecule has 0 bridgehead atoms. The first-order valence-electron chi connectivity index (χ1n) is 11.4. The van der Waals surface area contributed by atoms with Crippen LogP contribution in [-0.4, -0.2) is 48.4 Å². The minimum Gasteiger partial charge on any atom is -0.494 e. The lowest BCUT2D eigenvalue weighted by atomic mass is 9.84. The van der Waals surface area contributed by atoms with Crippen molar-refractivity contribution in [2.45, 2.75) is 50.1 Å². The maximum absolute atomic E-state index is 14.2. The van der Waals surface area contributed by atoms with Crippen LogP contribution in [0.25, 0.3) is 0 Å². The molecule has 32 heavy (non-hydrogen) atoms. The average Bonchev–Trinajstić information content (AvgIpc) is 3.32. The minimum absolute atomic E-state index is 0.136. The maximum Gasteiger partial charge on any atom is 0.254 e. The number of benzene rings is 2. The Bertz CT molecular complexity index is 1050. The van der Waals surface area contributed by atoms with E-state index in [2.05, 4.69) is 16.7 Å². The monoisotopic (exact) mass is 436 g/mol. The number of hydrogen-bond donors (Lipinski definition) is 2. The number of hydrogen-bond acceptors (Lipinski definition) is 4. The van der Waals surface area contributed by atoms with Crippen LogP contribution in [0, 0.1) is 5.82 Å². The van der Waals surface area contributed by atoms with Crippen LogP contribution < -0.4 is 15.4 Å². The molecule has 1 amide bonds. The molecule has 168 valence electrons. The summed E-state index contributed by atoms with van der Waals surface area (Å²) in [6.45, 7) is 1.11. The van der Waals surface area contributed by atoms with E-state index < -0.39 is 11.4 Å². The fraction of sp³-hybridized carbons (Fsp3) is 0.440. The molecule has 1 saturated heterocycles. The smallest absolute Gasteiger partial charge is 0.254 e. The van der Waals surface area contributed by atoms with Gasteiger partial charge in [0.05, 0.1) is 31.1 Å². The summed E-state index contributed by atoms with van der Waals surface area (Å²) >= 11 is 0. The number of methoxy groups -OCH3 is 1.